The first-order valence-electron chi connectivity index (χ1n) is 9.04. The van der Waals surface area contributed by atoms with Crippen molar-refractivity contribution < 1.29 is 25.5 Å². The van der Waals surface area contributed by atoms with E-state index in [-0.39, 0.29) is 6.42 Å². The zero-order valence-electron chi connectivity index (χ0n) is 16.1. The quantitative estimate of drug-likeness (QED) is 0.493. The van der Waals surface area contributed by atoms with Crippen LogP contribution in [0.1, 0.15) is 74.1 Å². The molecule has 0 aromatic heterocycles. The maximum atomic E-state index is 11.0. The molecule has 24 heavy (non-hydrogen) atoms. The lowest BCUT2D eigenvalue weighted by Crippen LogP contribution is -2.78. The smallest absolute Gasteiger partial charge is 0.257 e. The van der Waals surface area contributed by atoms with E-state index in [0.717, 1.165) is 4.90 Å². The maximum Gasteiger partial charge on any atom is 0.257 e. The molecular weight excluding hydrogens is 310 g/mol. The number of aliphatic hydroxyl groups is 5. The Morgan fingerprint density at radius 3 is 1.79 bits per heavy atom. The topological polar surface area (TPSA) is 104 Å². The van der Waals surface area contributed by atoms with Gasteiger partial charge in [-0.15, -0.1) is 0 Å². The van der Waals surface area contributed by atoms with E-state index in [1.54, 1.807) is 6.92 Å². The largest absolute Gasteiger partial charge is 0.385 e. The summed E-state index contributed by atoms with van der Waals surface area (Å²) in [7, 11) is 0. The van der Waals surface area contributed by atoms with Gasteiger partial charge in [0, 0.05) is 17.4 Å². The molecule has 1 spiro atoms. The van der Waals surface area contributed by atoms with Gasteiger partial charge >= 0.3 is 0 Å². The number of rotatable bonds is 4. The molecule has 1 aliphatic carbocycles. The molecule has 3 unspecified atom stereocenters. The summed E-state index contributed by atoms with van der Waals surface area (Å²) in [5.41, 5.74) is -2.74. The molecule has 2 rings (SSSR count). The first kappa shape index (κ1) is 20.1. The number of nitrogens with zero attached hydrogens (tertiary/aromatic N) is 1. The second-order valence-electron chi connectivity index (χ2n) is 8.86. The van der Waals surface area contributed by atoms with Gasteiger partial charge in [0.15, 0.2) is 0 Å². The van der Waals surface area contributed by atoms with E-state index < -0.39 is 39.7 Å². The molecule has 2 fully saturated rings. The van der Waals surface area contributed by atoms with E-state index in [4.69, 9.17) is 0 Å². The highest BCUT2D eigenvalue weighted by molar-refractivity contribution is 5.31. The van der Waals surface area contributed by atoms with Crippen LogP contribution >= 0.6 is 0 Å². The molecule has 1 saturated carbocycles. The van der Waals surface area contributed by atoms with Gasteiger partial charge in [-0.25, -0.2) is 0 Å². The van der Waals surface area contributed by atoms with Crippen molar-refractivity contribution in [3.8, 4) is 0 Å². The van der Waals surface area contributed by atoms with Crippen molar-refractivity contribution >= 4 is 0 Å². The summed E-state index contributed by atoms with van der Waals surface area (Å²) in [4.78, 5) is 0.896. The minimum atomic E-state index is -2.73. The van der Waals surface area contributed by atoms with Crippen LogP contribution in [0.4, 0.5) is 0 Å². The Balaban J connectivity index is 2.61. The van der Waals surface area contributed by atoms with Crippen LogP contribution in [0, 0.1) is 16.2 Å². The fourth-order valence-electron chi connectivity index (χ4n) is 5.81. The first-order chi connectivity index (χ1) is 10.7. The number of piperidine rings is 1. The number of hydrogen-bond donors (Lipinski definition) is 5. The van der Waals surface area contributed by atoms with Crippen LogP contribution in [0.15, 0.2) is 0 Å². The summed E-state index contributed by atoms with van der Waals surface area (Å²) < 4.78 is 0. The number of hydrogen-bond acceptors (Lipinski definition) is 6. The Morgan fingerprint density at radius 2 is 1.46 bits per heavy atom. The molecule has 6 nitrogen and oxygen atoms in total. The van der Waals surface area contributed by atoms with Gasteiger partial charge < -0.3 is 25.5 Å². The monoisotopic (exact) mass is 345 g/mol. The molecule has 6 heteroatoms. The summed E-state index contributed by atoms with van der Waals surface area (Å²) in [5, 5.41) is 54.5. The van der Waals surface area contributed by atoms with Crippen molar-refractivity contribution in [3.63, 3.8) is 0 Å². The van der Waals surface area contributed by atoms with Crippen LogP contribution in [0.2, 0.25) is 0 Å². The predicted octanol–water partition coefficient (Wildman–Crippen LogP) is 1.35. The molecule has 3 atom stereocenters. The minimum absolute atomic E-state index is 0.128. The summed E-state index contributed by atoms with van der Waals surface area (Å²) in [6.07, 6.45) is 0.0148. The molecule has 1 saturated heterocycles. The average Bonchev–Trinajstić information content (AvgIpc) is 2.84. The molecule has 5 N–H and O–H groups in total. The molecule has 0 amide bonds. The highest BCUT2D eigenvalue weighted by atomic mass is 16.6. The normalized spacial score (nSPS) is 40.8. The molecule has 142 valence electrons. The Labute approximate surface area is 145 Å². The molecule has 2 aliphatic rings. The molecule has 1 aliphatic heterocycles. The van der Waals surface area contributed by atoms with E-state index >= 15 is 0 Å². The predicted molar refractivity (Wildman–Crippen MR) is 90.4 cm³/mol. The number of likely N-dealkylation sites (tertiary alicyclic amines) is 1. The lowest BCUT2D eigenvalue weighted by Gasteiger charge is -2.59. The zero-order chi connectivity index (χ0) is 19.0. The van der Waals surface area contributed by atoms with Gasteiger partial charge in [-0.05, 0) is 37.0 Å². The van der Waals surface area contributed by atoms with Gasteiger partial charge in [-0.2, -0.15) is 4.90 Å². The fourth-order valence-corrected chi connectivity index (χ4v) is 5.81. The van der Waals surface area contributed by atoms with Crippen molar-refractivity contribution in [1.29, 1.82) is 0 Å². The van der Waals surface area contributed by atoms with Crippen LogP contribution in [-0.2, 0) is 0 Å². The molecular formula is C18H35NO5. The third-order valence-electron chi connectivity index (χ3n) is 8.22. The van der Waals surface area contributed by atoms with Gasteiger partial charge in [0.25, 0.3) is 5.91 Å². The lowest BCUT2D eigenvalue weighted by atomic mass is 9.74. The Morgan fingerprint density at radius 1 is 1.00 bits per heavy atom. The number of aliphatic hydroxyl groups excluding tert-OH is 1. The Bertz CT molecular complexity index is 514. The SMILES string of the molecule is CCC(C)(CC)N1C(O)(O)CC2(C(O)C1(O)O)C(C)(C)C2(C)CC. The standard InChI is InChI=1S/C18H35NO5/c1-8-14(6,9-2)19-17(21,22)11-16(12(20)18(19,23)24)13(4,5)15(16,7)10-3/h12,20-24H,8-11H2,1-7H3. The van der Waals surface area contributed by atoms with Crippen molar-refractivity contribution in [2.45, 2.75) is 97.6 Å². The lowest BCUT2D eigenvalue weighted by molar-refractivity contribution is -0.466. The van der Waals surface area contributed by atoms with Crippen LogP contribution in [0.5, 0.6) is 0 Å². The van der Waals surface area contributed by atoms with Gasteiger partial charge in [-0.3, -0.25) is 0 Å². The Kier molecular flexibility index (Phi) is 4.31. The van der Waals surface area contributed by atoms with Crippen LogP contribution in [0.3, 0.4) is 0 Å². The van der Waals surface area contributed by atoms with Crippen LogP contribution in [-0.4, -0.2) is 53.9 Å². The summed E-state index contributed by atoms with van der Waals surface area (Å²) >= 11 is 0. The molecule has 0 radical (unpaired) electrons. The van der Waals surface area contributed by atoms with Crippen LogP contribution in [0.25, 0.3) is 0 Å². The van der Waals surface area contributed by atoms with Crippen molar-refractivity contribution in [1.82, 2.24) is 4.90 Å². The first-order valence-corrected chi connectivity index (χ1v) is 9.04. The molecule has 0 aromatic carbocycles. The second kappa shape index (κ2) is 5.15. The fraction of sp³-hybridized carbons (Fsp3) is 1.00. The van der Waals surface area contributed by atoms with E-state index in [2.05, 4.69) is 0 Å². The van der Waals surface area contributed by atoms with Gasteiger partial charge in [-0.1, -0.05) is 41.5 Å². The third-order valence-corrected chi connectivity index (χ3v) is 8.22. The summed E-state index contributed by atoms with van der Waals surface area (Å²) in [5.74, 6) is -5.15. The van der Waals surface area contributed by atoms with E-state index in [1.165, 1.54) is 0 Å². The van der Waals surface area contributed by atoms with E-state index in [1.807, 2.05) is 41.5 Å². The average molecular weight is 345 g/mol. The van der Waals surface area contributed by atoms with Crippen molar-refractivity contribution in [3.05, 3.63) is 0 Å². The van der Waals surface area contributed by atoms with Crippen molar-refractivity contribution in [2.24, 2.45) is 16.2 Å². The molecule has 1 heterocycles. The maximum absolute atomic E-state index is 11.0. The highest BCUT2D eigenvalue weighted by Gasteiger charge is 2.87. The molecule has 0 bridgehead atoms. The van der Waals surface area contributed by atoms with Crippen molar-refractivity contribution in [2.75, 3.05) is 0 Å². The summed E-state index contributed by atoms with van der Waals surface area (Å²) in [6, 6.07) is 0. The molecule has 0 aromatic rings. The second-order valence-corrected chi connectivity index (χ2v) is 8.86. The summed E-state index contributed by atoms with van der Waals surface area (Å²) in [6.45, 7) is 13.3. The Hall–Kier alpha value is -0.240. The highest BCUT2D eigenvalue weighted by Crippen LogP contribution is 2.84. The van der Waals surface area contributed by atoms with Crippen LogP contribution < -0.4 is 0 Å². The van der Waals surface area contributed by atoms with Gasteiger partial charge in [0.2, 0.25) is 5.91 Å². The third kappa shape index (κ3) is 1.93. The van der Waals surface area contributed by atoms with E-state index in [9.17, 15) is 25.5 Å². The van der Waals surface area contributed by atoms with Gasteiger partial charge in [0.1, 0.15) is 6.10 Å². The van der Waals surface area contributed by atoms with Gasteiger partial charge in [0.05, 0.1) is 0 Å². The van der Waals surface area contributed by atoms with E-state index in [0.29, 0.717) is 19.3 Å². The minimum Gasteiger partial charge on any atom is -0.385 e. The zero-order valence-corrected chi connectivity index (χ0v) is 16.1.